The number of pyridine rings is 1. The highest BCUT2D eigenvalue weighted by atomic mass is 32.1. The number of thiazole rings is 1. The van der Waals surface area contributed by atoms with Gasteiger partial charge in [0.25, 0.3) is 0 Å². The summed E-state index contributed by atoms with van der Waals surface area (Å²) in [4.78, 5) is 20.9. The first kappa shape index (κ1) is 16.6. The number of aromatic nitrogens is 6. The summed E-state index contributed by atoms with van der Waals surface area (Å²) >= 11 is 1.61. The molecule has 1 aromatic carbocycles. The van der Waals surface area contributed by atoms with Crippen molar-refractivity contribution < 1.29 is 4.79 Å². The van der Waals surface area contributed by atoms with Crippen LogP contribution in [0.2, 0.25) is 0 Å². The van der Waals surface area contributed by atoms with Crippen LogP contribution >= 0.6 is 11.3 Å². The lowest BCUT2D eigenvalue weighted by atomic mass is 10.1. The van der Waals surface area contributed by atoms with Gasteiger partial charge in [-0.2, -0.15) is 10.1 Å². The van der Waals surface area contributed by atoms with Crippen molar-refractivity contribution in [1.82, 2.24) is 29.4 Å². The second kappa shape index (κ2) is 6.54. The molecule has 8 nitrogen and oxygen atoms in total. The molecule has 0 fully saturated rings. The SMILES string of the molecule is Cn1cc(CC(=O)Nc2nc3ccc(-c4ccc5ncsc5c4)cn3n2)cn1. The number of benzene rings is 1. The number of hydrogen-bond acceptors (Lipinski definition) is 6. The molecule has 1 N–H and O–H groups in total. The van der Waals surface area contributed by atoms with Gasteiger partial charge in [0.05, 0.1) is 28.3 Å². The third-order valence-electron chi connectivity index (χ3n) is 4.37. The molecule has 4 aromatic heterocycles. The minimum absolute atomic E-state index is 0.181. The van der Waals surface area contributed by atoms with Crippen LogP contribution in [0.5, 0.6) is 0 Å². The Kier molecular flexibility index (Phi) is 3.87. The lowest BCUT2D eigenvalue weighted by Crippen LogP contribution is -2.15. The normalized spacial score (nSPS) is 11.3. The fraction of sp³-hybridized carbons (Fsp3) is 0.105. The molecule has 0 aliphatic rings. The summed E-state index contributed by atoms with van der Waals surface area (Å²) in [5, 5.41) is 11.2. The minimum Gasteiger partial charge on any atom is -0.293 e. The van der Waals surface area contributed by atoms with Crippen LogP contribution in [0.1, 0.15) is 5.56 Å². The highest BCUT2D eigenvalue weighted by Crippen LogP contribution is 2.26. The summed E-state index contributed by atoms with van der Waals surface area (Å²) in [6, 6.07) is 10.0. The number of anilines is 1. The maximum Gasteiger partial charge on any atom is 0.249 e. The van der Waals surface area contributed by atoms with E-state index in [1.54, 1.807) is 26.7 Å². The number of carbonyl (C=O) groups excluding carboxylic acids is 1. The lowest BCUT2D eigenvalue weighted by molar-refractivity contribution is -0.115. The van der Waals surface area contributed by atoms with E-state index in [0.29, 0.717) is 5.65 Å². The Morgan fingerprint density at radius 1 is 1.18 bits per heavy atom. The molecule has 0 saturated heterocycles. The summed E-state index contributed by atoms with van der Waals surface area (Å²) in [6.45, 7) is 0. The van der Waals surface area contributed by atoms with Crippen LogP contribution in [0, 0.1) is 0 Å². The van der Waals surface area contributed by atoms with Crippen molar-refractivity contribution in [3.8, 4) is 11.1 Å². The second-order valence-corrected chi connectivity index (χ2v) is 7.32. The zero-order valence-electron chi connectivity index (χ0n) is 14.9. The standard InChI is InChI=1S/C19H15N7OS/c1-25-9-12(8-21-25)6-18(27)23-19-22-17-5-3-14(10-26(17)24-19)13-2-4-15-16(7-13)28-11-20-15/h2-5,7-11H,6H2,1H3,(H,23,24,27). The van der Waals surface area contributed by atoms with E-state index in [1.165, 1.54) is 0 Å². The van der Waals surface area contributed by atoms with E-state index in [9.17, 15) is 4.79 Å². The summed E-state index contributed by atoms with van der Waals surface area (Å²) < 4.78 is 4.47. The van der Waals surface area contributed by atoms with E-state index in [4.69, 9.17) is 0 Å². The van der Waals surface area contributed by atoms with Gasteiger partial charge >= 0.3 is 0 Å². The minimum atomic E-state index is -0.181. The van der Waals surface area contributed by atoms with E-state index in [0.717, 1.165) is 26.9 Å². The van der Waals surface area contributed by atoms with E-state index < -0.39 is 0 Å². The van der Waals surface area contributed by atoms with Crippen molar-refractivity contribution in [3.63, 3.8) is 0 Å². The van der Waals surface area contributed by atoms with E-state index in [1.807, 2.05) is 49.2 Å². The molecular weight excluding hydrogens is 374 g/mol. The van der Waals surface area contributed by atoms with Crippen LogP contribution in [0.25, 0.3) is 27.0 Å². The number of nitrogens with one attached hydrogen (secondary N) is 1. The fourth-order valence-electron chi connectivity index (χ4n) is 3.06. The van der Waals surface area contributed by atoms with Gasteiger partial charge < -0.3 is 0 Å². The Balaban J connectivity index is 1.39. The van der Waals surface area contributed by atoms with Gasteiger partial charge in [-0.3, -0.25) is 14.8 Å². The van der Waals surface area contributed by atoms with Crippen LogP contribution < -0.4 is 5.32 Å². The van der Waals surface area contributed by atoms with Crippen LogP contribution in [0.3, 0.4) is 0 Å². The maximum absolute atomic E-state index is 12.2. The van der Waals surface area contributed by atoms with Crippen molar-refractivity contribution in [2.24, 2.45) is 7.05 Å². The van der Waals surface area contributed by atoms with Crippen LogP contribution in [0.15, 0.2) is 54.4 Å². The molecule has 0 spiro atoms. The third-order valence-corrected chi connectivity index (χ3v) is 5.16. The predicted molar refractivity (Wildman–Crippen MR) is 107 cm³/mol. The van der Waals surface area contributed by atoms with Crippen molar-refractivity contribution in [2.75, 3.05) is 5.32 Å². The summed E-state index contributed by atoms with van der Waals surface area (Å²) in [5.74, 6) is 0.101. The van der Waals surface area contributed by atoms with Crippen LogP contribution in [0.4, 0.5) is 5.95 Å². The summed E-state index contributed by atoms with van der Waals surface area (Å²) in [6.07, 6.45) is 5.61. The Bertz CT molecular complexity index is 1320. The molecular formula is C19H15N7OS. The smallest absolute Gasteiger partial charge is 0.249 e. The van der Waals surface area contributed by atoms with Gasteiger partial charge in [-0.1, -0.05) is 6.07 Å². The molecule has 0 radical (unpaired) electrons. The molecule has 9 heteroatoms. The average molecular weight is 389 g/mol. The van der Waals surface area contributed by atoms with Gasteiger partial charge in [0, 0.05) is 25.0 Å². The monoisotopic (exact) mass is 389 g/mol. The van der Waals surface area contributed by atoms with Gasteiger partial charge in [-0.15, -0.1) is 16.4 Å². The molecule has 138 valence electrons. The molecule has 5 aromatic rings. The molecule has 0 aliphatic carbocycles. The van der Waals surface area contributed by atoms with Crippen molar-refractivity contribution in [2.45, 2.75) is 6.42 Å². The third kappa shape index (κ3) is 3.12. The molecule has 0 bridgehead atoms. The predicted octanol–water partition coefficient (Wildman–Crippen LogP) is 2.92. The number of carbonyl (C=O) groups is 1. The van der Waals surface area contributed by atoms with Gasteiger partial charge in [0.1, 0.15) is 0 Å². The number of fused-ring (bicyclic) bond motifs is 2. The first-order valence-corrected chi connectivity index (χ1v) is 9.49. The van der Waals surface area contributed by atoms with Crippen molar-refractivity contribution >= 4 is 39.1 Å². The highest BCUT2D eigenvalue weighted by molar-refractivity contribution is 7.16. The van der Waals surface area contributed by atoms with E-state index in [-0.39, 0.29) is 18.3 Å². The zero-order valence-corrected chi connectivity index (χ0v) is 15.7. The number of nitrogens with zero attached hydrogens (tertiary/aromatic N) is 6. The molecule has 5 rings (SSSR count). The highest BCUT2D eigenvalue weighted by Gasteiger charge is 2.11. The topological polar surface area (TPSA) is 90.0 Å². The molecule has 0 unspecified atom stereocenters. The van der Waals surface area contributed by atoms with Gasteiger partial charge in [-0.05, 0) is 35.4 Å². The maximum atomic E-state index is 12.2. The Morgan fingerprint density at radius 3 is 2.93 bits per heavy atom. The van der Waals surface area contributed by atoms with E-state index in [2.05, 4.69) is 31.5 Å². The number of hydrogen-bond donors (Lipinski definition) is 1. The molecule has 0 atom stereocenters. The first-order chi connectivity index (χ1) is 13.6. The molecule has 0 aliphatic heterocycles. The quantitative estimate of drug-likeness (QED) is 0.510. The molecule has 1 amide bonds. The second-order valence-electron chi connectivity index (χ2n) is 6.44. The van der Waals surface area contributed by atoms with Crippen LogP contribution in [-0.4, -0.2) is 35.3 Å². The summed E-state index contributed by atoms with van der Waals surface area (Å²) in [7, 11) is 1.81. The number of aryl methyl sites for hydroxylation is 1. The average Bonchev–Trinajstić information content (AvgIpc) is 3.39. The van der Waals surface area contributed by atoms with Crippen molar-refractivity contribution in [1.29, 1.82) is 0 Å². The van der Waals surface area contributed by atoms with Gasteiger partial charge in [0.15, 0.2) is 5.65 Å². The molecule has 0 saturated carbocycles. The van der Waals surface area contributed by atoms with E-state index >= 15 is 0 Å². The fourth-order valence-corrected chi connectivity index (χ4v) is 3.78. The number of rotatable bonds is 4. The first-order valence-electron chi connectivity index (χ1n) is 8.61. The molecule has 28 heavy (non-hydrogen) atoms. The lowest BCUT2D eigenvalue weighted by Gasteiger charge is -2.02. The Labute approximate surface area is 163 Å². The zero-order chi connectivity index (χ0) is 19.1. The van der Waals surface area contributed by atoms with Crippen LogP contribution in [-0.2, 0) is 18.3 Å². The summed E-state index contributed by atoms with van der Waals surface area (Å²) in [5.41, 5.74) is 6.44. The largest absolute Gasteiger partial charge is 0.293 e. The Morgan fingerprint density at radius 2 is 2.07 bits per heavy atom. The van der Waals surface area contributed by atoms with Gasteiger partial charge in [0.2, 0.25) is 11.9 Å². The van der Waals surface area contributed by atoms with Crippen molar-refractivity contribution in [3.05, 3.63) is 60.0 Å². The number of amides is 1. The van der Waals surface area contributed by atoms with Gasteiger partial charge in [-0.25, -0.2) is 9.50 Å². The molecule has 4 heterocycles. The Hall–Kier alpha value is -3.59.